The molecule has 116 valence electrons. The minimum atomic E-state index is -0.0664. The zero-order valence-corrected chi connectivity index (χ0v) is 13.3. The van der Waals surface area contributed by atoms with Crippen molar-refractivity contribution in [1.29, 1.82) is 0 Å². The van der Waals surface area contributed by atoms with Crippen molar-refractivity contribution >= 4 is 23.0 Å². The minimum Gasteiger partial charge on any atom is -0.309 e. The molecular formula is C21H16N2O. The Bertz CT molecular complexity index is 928. The van der Waals surface area contributed by atoms with Crippen molar-refractivity contribution < 1.29 is 4.79 Å². The first kappa shape index (κ1) is 14.4. The van der Waals surface area contributed by atoms with Crippen LogP contribution in [0.4, 0.5) is 11.4 Å². The molecule has 4 rings (SSSR count). The topological polar surface area (TPSA) is 32.7 Å². The highest BCUT2D eigenvalue weighted by molar-refractivity contribution is 6.54. The van der Waals surface area contributed by atoms with E-state index in [1.807, 2.05) is 66.7 Å². The largest absolute Gasteiger partial charge is 0.309 e. The molecule has 1 aliphatic rings. The number of rotatable bonds is 2. The molecule has 3 nitrogen and oxygen atoms in total. The summed E-state index contributed by atoms with van der Waals surface area (Å²) in [6.45, 7) is 0. The van der Waals surface area contributed by atoms with E-state index in [2.05, 4.69) is 17.1 Å². The van der Waals surface area contributed by atoms with Gasteiger partial charge in [0.1, 0.15) is 5.71 Å². The Labute approximate surface area is 140 Å². The molecule has 1 heterocycles. The summed E-state index contributed by atoms with van der Waals surface area (Å²) in [5.41, 5.74) is 5.37. The summed E-state index contributed by atoms with van der Waals surface area (Å²) in [7, 11) is 1.78. The second-order valence-electron chi connectivity index (χ2n) is 5.75. The number of nitrogens with zero attached hydrogens (tertiary/aromatic N) is 2. The van der Waals surface area contributed by atoms with Gasteiger partial charge in [0.15, 0.2) is 0 Å². The van der Waals surface area contributed by atoms with Gasteiger partial charge in [-0.1, -0.05) is 60.7 Å². The molecule has 0 saturated carbocycles. The van der Waals surface area contributed by atoms with Gasteiger partial charge in [0.2, 0.25) is 0 Å². The van der Waals surface area contributed by atoms with Crippen LogP contribution in [0.15, 0.2) is 83.9 Å². The third kappa shape index (κ3) is 2.40. The molecule has 24 heavy (non-hydrogen) atoms. The van der Waals surface area contributed by atoms with E-state index >= 15 is 0 Å². The second-order valence-corrected chi connectivity index (χ2v) is 5.75. The van der Waals surface area contributed by atoms with Crippen LogP contribution in [0.25, 0.3) is 11.1 Å². The highest BCUT2D eigenvalue weighted by atomic mass is 16.2. The average molecular weight is 312 g/mol. The number of benzene rings is 3. The van der Waals surface area contributed by atoms with Crippen molar-refractivity contribution in [2.75, 3.05) is 11.9 Å². The lowest BCUT2D eigenvalue weighted by molar-refractivity contribution is -0.111. The SMILES string of the molecule is CN1C(=O)C(=Nc2ccc(-c3ccccc3)cc2)c2ccccc21. The van der Waals surface area contributed by atoms with Crippen LogP contribution in [-0.2, 0) is 4.79 Å². The maximum absolute atomic E-state index is 12.5. The van der Waals surface area contributed by atoms with Crippen LogP contribution in [0.5, 0.6) is 0 Å². The fourth-order valence-electron chi connectivity index (χ4n) is 2.95. The Kier molecular flexibility index (Phi) is 3.47. The van der Waals surface area contributed by atoms with Crippen LogP contribution in [-0.4, -0.2) is 18.7 Å². The molecule has 3 aromatic carbocycles. The summed E-state index contributed by atoms with van der Waals surface area (Å²) in [6, 6.07) is 25.9. The molecule has 1 amide bonds. The Hall–Kier alpha value is -3.20. The Balaban J connectivity index is 1.70. The molecule has 0 atom stereocenters. The van der Waals surface area contributed by atoms with Crippen LogP contribution in [0.2, 0.25) is 0 Å². The van der Waals surface area contributed by atoms with Gasteiger partial charge < -0.3 is 4.90 Å². The van der Waals surface area contributed by atoms with Gasteiger partial charge in [0, 0.05) is 12.6 Å². The first-order chi connectivity index (χ1) is 11.7. The van der Waals surface area contributed by atoms with E-state index in [1.54, 1.807) is 11.9 Å². The number of hydrogen-bond donors (Lipinski definition) is 0. The Morgan fingerprint density at radius 2 is 1.38 bits per heavy atom. The molecule has 0 saturated heterocycles. The summed E-state index contributed by atoms with van der Waals surface area (Å²) in [6.07, 6.45) is 0. The Morgan fingerprint density at radius 1 is 0.750 bits per heavy atom. The zero-order chi connectivity index (χ0) is 16.5. The van der Waals surface area contributed by atoms with E-state index in [1.165, 1.54) is 5.56 Å². The quantitative estimate of drug-likeness (QED) is 0.688. The van der Waals surface area contributed by atoms with Crippen molar-refractivity contribution in [2.24, 2.45) is 4.99 Å². The van der Waals surface area contributed by atoms with E-state index < -0.39 is 0 Å². The number of anilines is 1. The smallest absolute Gasteiger partial charge is 0.277 e. The molecule has 0 bridgehead atoms. The summed E-state index contributed by atoms with van der Waals surface area (Å²) >= 11 is 0. The number of carbonyl (C=O) groups is 1. The van der Waals surface area contributed by atoms with Gasteiger partial charge in [-0.15, -0.1) is 0 Å². The lowest BCUT2D eigenvalue weighted by Crippen LogP contribution is -2.25. The highest BCUT2D eigenvalue weighted by Gasteiger charge is 2.30. The third-order valence-electron chi connectivity index (χ3n) is 4.24. The van der Waals surface area contributed by atoms with Crippen LogP contribution in [0.1, 0.15) is 5.56 Å². The molecule has 0 unspecified atom stereocenters. The van der Waals surface area contributed by atoms with E-state index in [0.717, 1.165) is 22.5 Å². The van der Waals surface area contributed by atoms with E-state index in [4.69, 9.17) is 0 Å². The number of amides is 1. The van der Waals surface area contributed by atoms with Gasteiger partial charge in [0.25, 0.3) is 5.91 Å². The van der Waals surface area contributed by atoms with Gasteiger partial charge >= 0.3 is 0 Å². The van der Waals surface area contributed by atoms with Gasteiger partial charge in [-0.3, -0.25) is 4.79 Å². The summed E-state index contributed by atoms with van der Waals surface area (Å²) in [4.78, 5) is 18.7. The van der Waals surface area contributed by atoms with E-state index in [9.17, 15) is 4.79 Å². The molecule has 0 N–H and O–H groups in total. The van der Waals surface area contributed by atoms with Crippen molar-refractivity contribution in [3.8, 4) is 11.1 Å². The molecule has 3 heteroatoms. The standard InChI is InChI=1S/C21H16N2O/c1-23-19-10-6-5-9-18(19)20(21(23)24)22-17-13-11-16(12-14-17)15-7-3-2-4-8-15/h2-14H,1H3. The van der Waals surface area contributed by atoms with Crippen LogP contribution in [0.3, 0.4) is 0 Å². The molecule has 0 fully saturated rings. The lowest BCUT2D eigenvalue weighted by atomic mass is 10.1. The second kappa shape index (κ2) is 5.78. The predicted octanol–water partition coefficient (Wildman–Crippen LogP) is 4.45. The third-order valence-corrected chi connectivity index (χ3v) is 4.24. The first-order valence-corrected chi connectivity index (χ1v) is 7.86. The monoisotopic (exact) mass is 312 g/mol. The molecule has 1 aliphatic heterocycles. The molecule has 0 spiro atoms. The number of aliphatic imine (C=N–C) groups is 1. The van der Waals surface area contributed by atoms with Crippen molar-refractivity contribution in [3.05, 3.63) is 84.4 Å². The number of carbonyl (C=O) groups excluding carboxylic acids is 1. The summed E-state index contributed by atoms with van der Waals surface area (Å²) in [5, 5.41) is 0. The lowest BCUT2D eigenvalue weighted by Gasteiger charge is -2.07. The fourth-order valence-corrected chi connectivity index (χ4v) is 2.95. The maximum atomic E-state index is 12.5. The number of fused-ring (bicyclic) bond motifs is 1. The van der Waals surface area contributed by atoms with Crippen LogP contribution >= 0.6 is 0 Å². The van der Waals surface area contributed by atoms with Crippen molar-refractivity contribution in [3.63, 3.8) is 0 Å². The summed E-state index contributed by atoms with van der Waals surface area (Å²) < 4.78 is 0. The van der Waals surface area contributed by atoms with Gasteiger partial charge in [-0.05, 0) is 29.3 Å². The Morgan fingerprint density at radius 3 is 2.12 bits per heavy atom. The molecule has 3 aromatic rings. The molecular weight excluding hydrogens is 296 g/mol. The van der Waals surface area contributed by atoms with Gasteiger partial charge in [0.05, 0.1) is 11.4 Å². The number of likely N-dealkylation sites (N-methyl/N-ethyl adjacent to an activating group) is 1. The first-order valence-electron chi connectivity index (χ1n) is 7.86. The summed E-state index contributed by atoms with van der Waals surface area (Å²) in [5.74, 6) is -0.0664. The number of para-hydroxylation sites is 1. The predicted molar refractivity (Wildman–Crippen MR) is 97.9 cm³/mol. The van der Waals surface area contributed by atoms with E-state index in [-0.39, 0.29) is 5.91 Å². The van der Waals surface area contributed by atoms with Crippen molar-refractivity contribution in [2.45, 2.75) is 0 Å². The van der Waals surface area contributed by atoms with E-state index in [0.29, 0.717) is 5.71 Å². The molecule has 0 aliphatic carbocycles. The van der Waals surface area contributed by atoms with Crippen molar-refractivity contribution in [1.82, 2.24) is 0 Å². The van der Waals surface area contributed by atoms with Crippen LogP contribution in [0, 0.1) is 0 Å². The van der Waals surface area contributed by atoms with Gasteiger partial charge in [-0.25, -0.2) is 4.99 Å². The normalized spacial score (nSPS) is 15.0. The molecule has 0 aromatic heterocycles. The zero-order valence-electron chi connectivity index (χ0n) is 13.3. The maximum Gasteiger partial charge on any atom is 0.277 e. The fraction of sp³-hybridized carbons (Fsp3) is 0.0476. The average Bonchev–Trinajstić information content (AvgIpc) is 2.88. The van der Waals surface area contributed by atoms with Crippen LogP contribution < -0.4 is 4.90 Å². The van der Waals surface area contributed by atoms with Gasteiger partial charge in [-0.2, -0.15) is 0 Å². The highest BCUT2D eigenvalue weighted by Crippen LogP contribution is 2.30. The minimum absolute atomic E-state index is 0.0664. The molecule has 0 radical (unpaired) electrons. The number of hydrogen-bond acceptors (Lipinski definition) is 2.